The average Bonchev–Trinajstić information content (AvgIpc) is 2.64. The zero-order valence-electron chi connectivity index (χ0n) is 15.7. The fraction of sp³-hybridized carbons (Fsp3) is 0.316. The summed E-state index contributed by atoms with van der Waals surface area (Å²) in [5.41, 5.74) is 3.73. The number of allylic oxidation sites excluding steroid dienone is 3. The largest absolute Gasteiger partial charge is 0.355 e. The zero-order valence-corrected chi connectivity index (χ0v) is 20.0. The van der Waals surface area contributed by atoms with E-state index in [0.717, 1.165) is 16.9 Å². The van der Waals surface area contributed by atoms with Crippen molar-refractivity contribution in [1.29, 1.82) is 0 Å². The van der Waals surface area contributed by atoms with E-state index >= 15 is 0 Å². The molecule has 3 N–H and O–H groups in total. The van der Waals surface area contributed by atoms with Crippen LogP contribution in [0.3, 0.4) is 0 Å². The summed E-state index contributed by atoms with van der Waals surface area (Å²) in [5.74, 6) is -0.0862. The van der Waals surface area contributed by atoms with E-state index in [-0.39, 0.29) is 5.91 Å². The molecule has 0 spiro atoms. The van der Waals surface area contributed by atoms with Crippen LogP contribution in [0.1, 0.15) is 36.7 Å². The number of anilines is 1. The number of carbonyl (C=O) groups excluding carboxylic acids is 1. The highest BCUT2D eigenvalue weighted by atomic mass is 127. The van der Waals surface area contributed by atoms with E-state index in [4.69, 9.17) is 0 Å². The highest BCUT2D eigenvalue weighted by Gasteiger charge is 2.10. The quantitative estimate of drug-likeness (QED) is 0.347. The Bertz CT molecular complexity index is 801. The monoisotopic (exact) mass is 567 g/mol. The number of benzene rings is 1. The van der Waals surface area contributed by atoms with Crippen LogP contribution in [0.15, 0.2) is 37.1 Å². The van der Waals surface area contributed by atoms with Gasteiger partial charge in [0.1, 0.15) is 0 Å². The van der Waals surface area contributed by atoms with Gasteiger partial charge in [-0.15, -0.1) is 18.9 Å². The van der Waals surface area contributed by atoms with Crippen LogP contribution in [0.2, 0.25) is 0 Å². The van der Waals surface area contributed by atoms with Crippen molar-refractivity contribution in [2.24, 2.45) is 0 Å². The van der Waals surface area contributed by atoms with E-state index in [1.54, 1.807) is 7.05 Å². The fourth-order valence-corrected chi connectivity index (χ4v) is 6.88. The Balaban J connectivity index is 3.28. The van der Waals surface area contributed by atoms with Gasteiger partial charge in [0.2, 0.25) is 0 Å². The lowest BCUT2D eigenvalue weighted by Crippen LogP contribution is -2.18. The van der Waals surface area contributed by atoms with Crippen molar-refractivity contribution in [3.05, 3.63) is 48.3 Å². The Kier molecular flexibility index (Phi) is 9.15. The first kappa shape index (κ1) is 22.2. The maximum atomic E-state index is 11.9. The van der Waals surface area contributed by atoms with Gasteiger partial charge in [-0.2, -0.15) is 0 Å². The van der Waals surface area contributed by atoms with Crippen LogP contribution in [-0.4, -0.2) is 28.1 Å². The molecule has 0 bridgehead atoms. The topological polar surface area (TPSA) is 53.2 Å². The van der Waals surface area contributed by atoms with Crippen molar-refractivity contribution in [2.45, 2.75) is 27.7 Å². The molecule has 0 saturated carbocycles. The van der Waals surface area contributed by atoms with E-state index in [0.29, 0.717) is 5.56 Å². The lowest BCUT2D eigenvalue weighted by molar-refractivity contribution is 0.0963. The molecule has 25 heavy (non-hydrogen) atoms. The highest BCUT2D eigenvalue weighted by molar-refractivity contribution is 14.2. The molecule has 138 valence electrons. The van der Waals surface area contributed by atoms with Crippen LogP contribution in [0.4, 0.5) is 5.69 Å². The van der Waals surface area contributed by atoms with Crippen molar-refractivity contribution in [2.75, 3.05) is 19.4 Å². The minimum atomic E-state index is -1.58. The second-order valence-electron chi connectivity index (χ2n) is 5.43. The van der Waals surface area contributed by atoms with Crippen LogP contribution in [0, 0.1) is 6.92 Å². The lowest BCUT2D eigenvalue weighted by atomic mass is 10.1. The number of carbonyl (C=O) groups is 1. The summed E-state index contributed by atoms with van der Waals surface area (Å²) in [7, 11) is 3.59. The molecule has 0 aromatic heterocycles. The van der Waals surface area contributed by atoms with E-state index in [2.05, 4.69) is 63.0 Å². The van der Waals surface area contributed by atoms with Crippen molar-refractivity contribution >= 4 is 61.2 Å². The maximum absolute atomic E-state index is 11.9. The number of rotatable bonds is 6. The highest BCUT2D eigenvalue weighted by Crippen LogP contribution is 2.34. The zero-order chi connectivity index (χ0) is 19.1. The Morgan fingerprint density at radius 3 is 2.40 bits per heavy atom. The normalized spacial score (nSPS) is 14.5. The van der Waals surface area contributed by atoms with Crippen molar-refractivity contribution in [3.8, 4) is 0 Å². The molecule has 1 aromatic carbocycles. The number of halogens is 2. The Labute approximate surface area is 171 Å². The van der Waals surface area contributed by atoms with Gasteiger partial charge in [0.05, 0.1) is 0 Å². The van der Waals surface area contributed by atoms with Crippen LogP contribution in [-0.2, 0) is 0 Å². The Morgan fingerprint density at radius 1 is 1.24 bits per heavy atom. The second-order valence-corrected chi connectivity index (χ2v) is 11.8. The molecule has 0 radical (unpaired) electrons. The molecule has 1 aromatic rings. The molecule has 0 atom stereocenters. The molecule has 0 fully saturated rings. The molecule has 1 rings (SSSR count). The first-order chi connectivity index (χ1) is 11.8. The van der Waals surface area contributed by atoms with Gasteiger partial charge in [-0.1, -0.05) is 16.7 Å². The summed E-state index contributed by atoms with van der Waals surface area (Å²) < 4.78 is 8.23. The van der Waals surface area contributed by atoms with Crippen LogP contribution >= 0.6 is 41.5 Å². The molecule has 1 amide bonds. The average molecular weight is 567 g/mol. The van der Waals surface area contributed by atoms with E-state index in [1.165, 1.54) is 10.8 Å². The summed E-state index contributed by atoms with van der Waals surface area (Å²) in [6.45, 7) is 8.33. The van der Waals surface area contributed by atoms with E-state index in [9.17, 15) is 4.79 Å². The van der Waals surface area contributed by atoms with Crippen LogP contribution < -0.4 is 16.0 Å². The number of aryl methyl sites for hydroxylation is 1. The molecule has 0 saturated heterocycles. The molecule has 4 nitrogen and oxygen atoms in total. The second kappa shape index (κ2) is 10.3. The summed E-state index contributed by atoms with van der Waals surface area (Å²) in [6.07, 6.45) is 2.07. The van der Waals surface area contributed by atoms with E-state index in [1.807, 2.05) is 39.1 Å². The minimum absolute atomic E-state index is 0.0862. The van der Waals surface area contributed by atoms with Gasteiger partial charge in [0.25, 0.3) is 5.91 Å². The van der Waals surface area contributed by atoms with Gasteiger partial charge < -0.3 is 10.6 Å². The minimum Gasteiger partial charge on any atom is -0.355 e. The summed E-state index contributed by atoms with van der Waals surface area (Å²) >= 11 is 0.814. The fourth-order valence-electron chi connectivity index (χ4n) is 2.05. The third kappa shape index (κ3) is 5.82. The standard InChI is InChI=1S/C19H27I2N3O/c1-8-16(18(20)13(3)21(5)14(4)22-6)24-17-11-15(19(25)23-7)10-9-12(17)2/h8-11,22,24H,5H2,1-4,6-7H3,(H,23,25). The number of nitrogens with one attached hydrogen (secondary N) is 3. The number of hydrogen-bond donors (Lipinski definition) is 3. The van der Waals surface area contributed by atoms with Gasteiger partial charge in [0.15, 0.2) is 0 Å². The molecule has 0 aliphatic heterocycles. The van der Waals surface area contributed by atoms with Gasteiger partial charge >= 0.3 is 0 Å². The Hall–Kier alpha value is -0.870. The molecular weight excluding hydrogens is 540 g/mol. The van der Waals surface area contributed by atoms with Gasteiger partial charge in [-0.25, -0.2) is 0 Å². The predicted octanol–water partition coefficient (Wildman–Crippen LogP) is 4.64. The van der Waals surface area contributed by atoms with Gasteiger partial charge in [-0.05, 0) is 78.6 Å². The van der Waals surface area contributed by atoms with Crippen molar-refractivity contribution < 1.29 is 4.79 Å². The number of hydrogen-bond acceptors (Lipinski definition) is 3. The summed E-state index contributed by atoms with van der Waals surface area (Å²) in [6, 6.07) is 5.69. The smallest absolute Gasteiger partial charge is 0.251 e. The number of amides is 1. The lowest BCUT2D eigenvalue weighted by Gasteiger charge is -2.16. The molecule has 0 unspecified atom stereocenters. The molecular formula is C19H27I2N3O. The molecule has 0 aliphatic carbocycles. The molecule has 0 aliphatic rings. The third-order valence-corrected chi connectivity index (χ3v) is 11.3. The SMILES string of the molecule is C=I(C(C)=C(I)C(=CC)Nc1cc(C(=O)NC)ccc1C)=C(C)NC. The van der Waals surface area contributed by atoms with Crippen molar-refractivity contribution in [1.82, 2.24) is 10.6 Å². The first-order valence-corrected chi connectivity index (χ1v) is 12.7. The van der Waals surface area contributed by atoms with E-state index < -0.39 is 18.9 Å². The summed E-state index contributed by atoms with van der Waals surface area (Å²) in [5, 5.41) is 9.40. The molecule has 0 heterocycles. The third-order valence-electron chi connectivity index (χ3n) is 3.85. The first-order valence-electron chi connectivity index (χ1n) is 7.89. The molecule has 6 heteroatoms. The van der Waals surface area contributed by atoms with Gasteiger partial charge in [-0.3, -0.25) is 10.1 Å². The van der Waals surface area contributed by atoms with Gasteiger partial charge in [0, 0.05) is 31.2 Å². The summed E-state index contributed by atoms with van der Waals surface area (Å²) in [4.78, 5) is 11.9. The van der Waals surface area contributed by atoms with Crippen LogP contribution in [0.5, 0.6) is 0 Å². The Morgan fingerprint density at radius 2 is 1.88 bits per heavy atom. The van der Waals surface area contributed by atoms with Crippen molar-refractivity contribution in [3.63, 3.8) is 0 Å². The van der Waals surface area contributed by atoms with Crippen LogP contribution in [0.25, 0.3) is 0 Å². The predicted molar refractivity (Wildman–Crippen MR) is 130 cm³/mol. The maximum Gasteiger partial charge on any atom is 0.251 e.